The van der Waals surface area contributed by atoms with E-state index < -0.39 is 0 Å². The van der Waals surface area contributed by atoms with Crippen molar-refractivity contribution in [3.63, 3.8) is 0 Å². The van der Waals surface area contributed by atoms with E-state index in [2.05, 4.69) is 18.0 Å². The molecule has 0 aliphatic carbocycles. The minimum absolute atomic E-state index is 0.611. The summed E-state index contributed by atoms with van der Waals surface area (Å²) in [6.07, 6.45) is 0.837. The Balaban J connectivity index is 2.45. The van der Waals surface area contributed by atoms with Crippen LogP contribution < -0.4 is 0 Å². The van der Waals surface area contributed by atoms with Gasteiger partial charge in [-0.05, 0) is 24.1 Å². The average molecular weight is 234 g/mol. The van der Waals surface area contributed by atoms with Crippen molar-refractivity contribution >= 4 is 11.4 Å². The first-order valence-electron chi connectivity index (χ1n) is 5.97. The predicted octanol–water partition coefficient (Wildman–Crippen LogP) is 4.09. The highest BCUT2D eigenvalue weighted by Crippen LogP contribution is 2.19. The summed E-state index contributed by atoms with van der Waals surface area (Å²) >= 11 is 0. The Morgan fingerprint density at radius 3 is 2.39 bits per heavy atom. The smallest absolute Gasteiger partial charge is 0.101 e. The van der Waals surface area contributed by atoms with Crippen molar-refractivity contribution in [3.8, 4) is 6.07 Å². The standard InChI is InChI=1S/C16H14N2/c1-2-15(13-8-4-3-5-9-13)18-16-11-7-6-10-14(16)12-17/h3-11H,2H2,1H3. The predicted molar refractivity (Wildman–Crippen MR) is 74.1 cm³/mol. The number of benzene rings is 2. The van der Waals surface area contributed by atoms with Gasteiger partial charge in [0.1, 0.15) is 6.07 Å². The van der Waals surface area contributed by atoms with E-state index in [1.165, 1.54) is 0 Å². The van der Waals surface area contributed by atoms with Gasteiger partial charge in [0, 0.05) is 5.71 Å². The minimum Gasteiger partial charge on any atom is -0.251 e. The zero-order valence-corrected chi connectivity index (χ0v) is 10.3. The van der Waals surface area contributed by atoms with E-state index >= 15 is 0 Å². The van der Waals surface area contributed by atoms with Crippen molar-refractivity contribution in [2.24, 2.45) is 4.99 Å². The third kappa shape index (κ3) is 2.64. The molecule has 88 valence electrons. The zero-order valence-electron chi connectivity index (χ0n) is 10.3. The van der Waals surface area contributed by atoms with Crippen LogP contribution in [0.4, 0.5) is 5.69 Å². The first-order chi connectivity index (χ1) is 8.85. The lowest BCUT2D eigenvalue weighted by Crippen LogP contribution is -1.98. The van der Waals surface area contributed by atoms with Gasteiger partial charge in [-0.15, -0.1) is 0 Å². The Labute approximate surface area is 107 Å². The summed E-state index contributed by atoms with van der Waals surface area (Å²) < 4.78 is 0. The number of aliphatic imine (C=N–C) groups is 1. The number of nitriles is 1. The van der Waals surface area contributed by atoms with Crippen LogP contribution in [0.15, 0.2) is 59.6 Å². The second-order valence-corrected chi connectivity index (χ2v) is 3.91. The molecule has 2 aromatic carbocycles. The lowest BCUT2D eigenvalue weighted by Gasteiger charge is -2.05. The summed E-state index contributed by atoms with van der Waals surface area (Å²) in [4.78, 5) is 4.61. The van der Waals surface area contributed by atoms with Gasteiger partial charge in [0.05, 0.1) is 11.3 Å². The van der Waals surface area contributed by atoms with E-state index in [0.717, 1.165) is 23.4 Å². The molecule has 0 aromatic heterocycles. The molecule has 2 rings (SSSR count). The highest BCUT2D eigenvalue weighted by molar-refractivity contribution is 6.02. The third-order valence-electron chi connectivity index (χ3n) is 2.72. The van der Waals surface area contributed by atoms with Gasteiger partial charge in [-0.25, -0.2) is 0 Å². The third-order valence-corrected chi connectivity index (χ3v) is 2.72. The molecule has 18 heavy (non-hydrogen) atoms. The SMILES string of the molecule is CCC(=Nc1ccccc1C#N)c1ccccc1. The van der Waals surface area contributed by atoms with E-state index in [0.29, 0.717) is 5.56 Å². The first kappa shape index (κ1) is 12.1. The van der Waals surface area contributed by atoms with E-state index in [9.17, 15) is 0 Å². The Kier molecular flexibility index (Phi) is 3.88. The molecule has 2 aromatic rings. The molecule has 0 spiro atoms. The summed E-state index contributed by atoms with van der Waals surface area (Å²) in [6, 6.07) is 19.6. The molecule has 0 saturated heterocycles. The summed E-state index contributed by atoms with van der Waals surface area (Å²) in [5.41, 5.74) is 3.45. The maximum Gasteiger partial charge on any atom is 0.101 e. The first-order valence-corrected chi connectivity index (χ1v) is 5.97. The van der Waals surface area contributed by atoms with Crippen LogP contribution in [0, 0.1) is 11.3 Å². The molecular weight excluding hydrogens is 220 g/mol. The molecule has 0 heterocycles. The molecule has 0 radical (unpaired) electrons. The van der Waals surface area contributed by atoms with Crippen LogP contribution in [0.1, 0.15) is 24.5 Å². The monoisotopic (exact) mass is 234 g/mol. The molecule has 0 bridgehead atoms. The van der Waals surface area contributed by atoms with Crippen LogP contribution >= 0.6 is 0 Å². The van der Waals surface area contributed by atoms with Crippen molar-refractivity contribution in [1.29, 1.82) is 5.26 Å². The maximum absolute atomic E-state index is 9.06. The summed E-state index contributed by atoms with van der Waals surface area (Å²) in [5.74, 6) is 0. The van der Waals surface area contributed by atoms with Gasteiger partial charge in [0.15, 0.2) is 0 Å². The lowest BCUT2D eigenvalue weighted by atomic mass is 10.1. The molecule has 0 saturated carbocycles. The maximum atomic E-state index is 9.06. The van der Waals surface area contributed by atoms with Gasteiger partial charge >= 0.3 is 0 Å². The van der Waals surface area contributed by atoms with Crippen LogP contribution in [0.5, 0.6) is 0 Å². The fraction of sp³-hybridized carbons (Fsp3) is 0.125. The highest BCUT2D eigenvalue weighted by atomic mass is 14.7. The Morgan fingerprint density at radius 2 is 1.72 bits per heavy atom. The van der Waals surface area contributed by atoms with Gasteiger partial charge in [0.25, 0.3) is 0 Å². The fourth-order valence-electron chi connectivity index (χ4n) is 1.79. The average Bonchev–Trinajstić information content (AvgIpc) is 2.46. The van der Waals surface area contributed by atoms with Crippen LogP contribution in [0.25, 0.3) is 0 Å². The van der Waals surface area contributed by atoms with Gasteiger partial charge in [-0.3, -0.25) is 4.99 Å². The molecule has 0 unspecified atom stereocenters. The topological polar surface area (TPSA) is 36.1 Å². The van der Waals surface area contributed by atoms with Crippen LogP contribution in [-0.2, 0) is 0 Å². The lowest BCUT2D eigenvalue weighted by molar-refractivity contribution is 1.26. The van der Waals surface area contributed by atoms with Crippen molar-refractivity contribution in [2.45, 2.75) is 13.3 Å². The number of rotatable bonds is 3. The quantitative estimate of drug-likeness (QED) is 0.737. The second kappa shape index (κ2) is 5.79. The largest absolute Gasteiger partial charge is 0.251 e. The second-order valence-electron chi connectivity index (χ2n) is 3.91. The van der Waals surface area contributed by atoms with E-state index in [1.807, 2.05) is 48.5 Å². The minimum atomic E-state index is 0.611. The van der Waals surface area contributed by atoms with E-state index in [-0.39, 0.29) is 0 Å². The number of hydrogen-bond acceptors (Lipinski definition) is 2. The molecule has 0 atom stereocenters. The summed E-state index contributed by atoms with van der Waals surface area (Å²) in [7, 11) is 0. The van der Waals surface area contributed by atoms with Crippen molar-refractivity contribution in [3.05, 3.63) is 65.7 Å². The number of para-hydroxylation sites is 1. The van der Waals surface area contributed by atoms with Crippen molar-refractivity contribution in [1.82, 2.24) is 0 Å². The van der Waals surface area contributed by atoms with E-state index in [4.69, 9.17) is 5.26 Å². The molecule has 0 amide bonds. The summed E-state index contributed by atoms with van der Waals surface area (Å²) in [6.45, 7) is 2.07. The van der Waals surface area contributed by atoms with E-state index in [1.54, 1.807) is 6.07 Å². The van der Waals surface area contributed by atoms with Gasteiger partial charge in [-0.1, -0.05) is 49.4 Å². The molecule has 0 aliphatic rings. The number of hydrogen-bond donors (Lipinski definition) is 0. The van der Waals surface area contributed by atoms with Crippen LogP contribution in [0.3, 0.4) is 0 Å². The summed E-state index contributed by atoms with van der Waals surface area (Å²) in [5, 5.41) is 9.06. The van der Waals surface area contributed by atoms with Crippen LogP contribution in [-0.4, -0.2) is 5.71 Å². The number of nitrogens with zero attached hydrogens (tertiary/aromatic N) is 2. The van der Waals surface area contributed by atoms with Crippen molar-refractivity contribution < 1.29 is 0 Å². The molecule has 2 heteroatoms. The molecular formula is C16H14N2. The normalized spacial score (nSPS) is 11.0. The molecule has 0 fully saturated rings. The molecule has 0 aliphatic heterocycles. The Hall–Kier alpha value is -2.40. The van der Waals surface area contributed by atoms with Gasteiger partial charge in [-0.2, -0.15) is 5.26 Å². The zero-order chi connectivity index (χ0) is 12.8. The Morgan fingerprint density at radius 1 is 1.06 bits per heavy atom. The van der Waals surface area contributed by atoms with Gasteiger partial charge in [0.2, 0.25) is 0 Å². The molecule has 0 N–H and O–H groups in total. The molecule has 2 nitrogen and oxygen atoms in total. The fourth-order valence-corrected chi connectivity index (χ4v) is 1.79. The highest BCUT2D eigenvalue weighted by Gasteiger charge is 2.03. The van der Waals surface area contributed by atoms with Crippen LogP contribution in [0.2, 0.25) is 0 Å². The van der Waals surface area contributed by atoms with Gasteiger partial charge < -0.3 is 0 Å². The van der Waals surface area contributed by atoms with Crippen molar-refractivity contribution in [2.75, 3.05) is 0 Å². The Bertz CT molecular complexity index is 592.